The van der Waals surface area contributed by atoms with Gasteiger partial charge in [0.25, 0.3) is 0 Å². The predicted octanol–water partition coefficient (Wildman–Crippen LogP) is 3.07. The van der Waals surface area contributed by atoms with Gasteiger partial charge in [-0.05, 0) is 23.1 Å². The van der Waals surface area contributed by atoms with Crippen LogP contribution >= 0.6 is 0 Å². The van der Waals surface area contributed by atoms with Gasteiger partial charge >= 0.3 is 0 Å². The van der Waals surface area contributed by atoms with E-state index in [9.17, 15) is 0 Å². The number of fused-ring (bicyclic) bond motifs is 1. The van der Waals surface area contributed by atoms with Crippen molar-refractivity contribution >= 4 is 11.9 Å². The highest BCUT2D eigenvalue weighted by Gasteiger charge is 2.07. The Kier molecular flexibility index (Phi) is 1.72. The maximum absolute atomic E-state index is 4.27. The molecule has 0 spiro atoms. The van der Waals surface area contributed by atoms with Gasteiger partial charge in [0, 0.05) is 12.6 Å². The molecule has 2 rings (SSSR count). The second kappa shape index (κ2) is 2.74. The molecule has 0 radical (unpaired) electrons. The second-order valence-electron chi connectivity index (χ2n) is 3.56. The van der Waals surface area contributed by atoms with Crippen molar-refractivity contribution < 1.29 is 0 Å². The van der Waals surface area contributed by atoms with E-state index in [1.807, 2.05) is 6.21 Å². The Balaban J connectivity index is 2.42. The molecule has 1 aromatic carbocycles. The van der Waals surface area contributed by atoms with Crippen LogP contribution in [0.3, 0.4) is 0 Å². The summed E-state index contributed by atoms with van der Waals surface area (Å²) in [7, 11) is 0. The van der Waals surface area contributed by atoms with E-state index in [0.717, 1.165) is 12.1 Å². The molecule has 0 atom stereocenters. The van der Waals surface area contributed by atoms with Gasteiger partial charge in [-0.1, -0.05) is 26.0 Å². The van der Waals surface area contributed by atoms with Crippen LogP contribution in [-0.4, -0.2) is 6.21 Å². The highest BCUT2D eigenvalue weighted by molar-refractivity contribution is 5.75. The average Bonchev–Trinajstić information content (AvgIpc) is 2.49. The SMILES string of the molecule is CC(C)c1ccc2c(c1)CC=N2. The minimum absolute atomic E-state index is 0.621. The normalized spacial score (nSPS) is 13.9. The second-order valence-corrected chi connectivity index (χ2v) is 3.56. The van der Waals surface area contributed by atoms with Crippen molar-refractivity contribution in [2.75, 3.05) is 0 Å². The van der Waals surface area contributed by atoms with Crippen molar-refractivity contribution in [1.29, 1.82) is 0 Å². The molecule has 0 aliphatic carbocycles. The predicted molar refractivity (Wildman–Crippen MR) is 52.4 cm³/mol. The van der Waals surface area contributed by atoms with Crippen molar-refractivity contribution in [2.45, 2.75) is 26.2 Å². The Morgan fingerprint density at radius 3 is 2.92 bits per heavy atom. The quantitative estimate of drug-likeness (QED) is 0.597. The van der Waals surface area contributed by atoms with Crippen LogP contribution in [0.15, 0.2) is 23.2 Å². The van der Waals surface area contributed by atoms with E-state index >= 15 is 0 Å². The van der Waals surface area contributed by atoms with Crippen molar-refractivity contribution in [2.24, 2.45) is 4.99 Å². The monoisotopic (exact) mass is 159 g/mol. The summed E-state index contributed by atoms with van der Waals surface area (Å²) >= 11 is 0. The minimum Gasteiger partial charge on any atom is -0.261 e. The van der Waals surface area contributed by atoms with Crippen molar-refractivity contribution in [3.63, 3.8) is 0 Å². The molecule has 62 valence electrons. The third-order valence-corrected chi connectivity index (χ3v) is 2.31. The minimum atomic E-state index is 0.621. The molecule has 1 heteroatoms. The number of rotatable bonds is 1. The molecule has 1 aromatic rings. The standard InChI is InChI=1S/C11H13N/c1-8(2)9-3-4-11-10(7-9)5-6-12-11/h3-4,6-8H,5H2,1-2H3. The highest BCUT2D eigenvalue weighted by atomic mass is 14.7. The van der Waals surface area contributed by atoms with Gasteiger partial charge in [-0.2, -0.15) is 0 Å². The van der Waals surface area contributed by atoms with Gasteiger partial charge in [0.15, 0.2) is 0 Å². The lowest BCUT2D eigenvalue weighted by molar-refractivity contribution is 0.865. The third kappa shape index (κ3) is 1.15. The summed E-state index contributed by atoms with van der Waals surface area (Å²) in [6.07, 6.45) is 2.99. The van der Waals surface area contributed by atoms with Crippen molar-refractivity contribution in [3.8, 4) is 0 Å². The molecule has 0 saturated heterocycles. The van der Waals surface area contributed by atoms with Crippen LogP contribution in [-0.2, 0) is 6.42 Å². The van der Waals surface area contributed by atoms with E-state index in [-0.39, 0.29) is 0 Å². The Bertz CT molecular complexity index is 324. The Morgan fingerprint density at radius 1 is 1.33 bits per heavy atom. The van der Waals surface area contributed by atoms with E-state index in [4.69, 9.17) is 0 Å². The molecule has 0 aromatic heterocycles. The largest absolute Gasteiger partial charge is 0.261 e. The number of hydrogen-bond donors (Lipinski definition) is 0. The fourth-order valence-electron chi connectivity index (χ4n) is 1.50. The molecule has 0 fully saturated rings. The third-order valence-electron chi connectivity index (χ3n) is 2.31. The van der Waals surface area contributed by atoms with Gasteiger partial charge in [0.2, 0.25) is 0 Å². The Hall–Kier alpha value is -1.11. The summed E-state index contributed by atoms with van der Waals surface area (Å²) < 4.78 is 0. The van der Waals surface area contributed by atoms with E-state index in [0.29, 0.717) is 5.92 Å². The number of aliphatic imine (C=N–C) groups is 1. The lowest BCUT2D eigenvalue weighted by Gasteiger charge is -2.06. The zero-order valence-corrected chi connectivity index (χ0v) is 7.54. The molecule has 0 N–H and O–H groups in total. The number of hydrogen-bond acceptors (Lipinski definition) is 1. The number of nitrogens with zero attached hydrogens (tertiary/aromatic N) is 1. The van der Waals surface area contributed by atoms with Crippen LogP contribution < -0.4 is 0 Å². The zero-order valence-electron chi connectivity index (χ0n) is 7.54. The maximum atomic E-state index is 4.27. The first kappa shape index (κ1) is 7.53. The molecule has 1 heterocycles. The van der Waals surface area contributed by atoms with Crippen molar-refractivity contribution in [1.82, 2.24) is 0 Å². The average molecular weight is 159 g/mol. The summed E-state index contributed by atoms with van der Waals surface area (Å²) in [6, 6.07) is 6.56. The molecular weight excluding hydrogens is 146 g/mol. The Labute approximate surface area is 73.1 Å². The molecular formula is C11H13N. The van der Waals surface area contributed by atoms with Crippen LogP contribution in [0, 0.1) is 0 Å². The summed E-state index contributed by atoms with van der Waals surface area (Å²) in [5.41, 5.74) is 3.94. The van der Waals surface area contributed by atoms with Gasteiger partial charge in [-0.25, -0.2) is 0 Å². The molecule has 0 bridgehead atoms. The molecule has 0 saturated carbocycles. The summed E-state index contributed by atoms with van der Waals surface area (Å²) in [5.74, 6) is 0.621. The summed E-state index contributed by atoms with van der Waals surface area (Å²) in [5, 5.41) is 0. The van der Waals surface area contributed by atoms with Gasteiger partial charge in [0.05, 0.1) is 5.69 Å². The zero-order chi connectivity index (χ0) is 8.55. The van der Waals surface area contributed by atoms with Gasteiger partial charge < -0.3 is 0 Å². The van der Waals surface area contributed by atoms with E-state index < -0.39 is 0 Å². The Morgan fingerprint density at radius 2 is 2.17 bits per heavy atom. The first-order valence-electron chi connectivity index (χ1n) is 4.43. The molecule has 0 unspecified atom stereocenters. The molecule has 1 aliphatic heterocycles. The highest BCUT2D eigenvalue weighted by Crippen LogP contribution is 2.27. The summed E-state index contributed by atoms with van der Waals surface area (Å²) in [6.45, 7) is 4.44. The van der Waals surface area contributed by atoms with Crippen LogP contribution in [0.1, 0.15) is 30.9 Å². The van der Waals surface area contributed by atoms with E-state index in [2.05, 4.69) is 37.0 Å². The molecule has 1 nitrogen and oxygen atoms in total. The van der Waals surface area contributed by atoms with Gasteiger partial charge in [0.1, 0.15) is 0 Å². The van der Waals surface area contributed by atoms with Crippen LogP contribution in [0.2, 0.25) is 0 Å². The lowest BCUT2D eigenvalue weighted by atomic mass is 10.00. The van der Waals surface area contributed by atoms with E-state index in [1.54, 1.807) is 0 Å². The fraction of sp³-hybridized carbons (Fsp3) is 0.364. The first-order valence-corrected chi connectivity index (χ1v) is 4.43. The topological polar surface area (TPSA) is 12.4 Å². The first-order chi connectivity index (χ1) is 5.77. The molecule has 12 heavy (non-hydrogen) atoms. The van der Waals surface area contributed by atoms with Crippen molar-refractivity contribution in [3.05, 3.63) is 29.3 Å². The molecule has 1 aliphatic rings. The van der Waals surface area contributed by atoms with Gasteiger partial charge in [-0.15, -0.1) is 0 Å². The smallest absolute Gasteiger partial charge is 0.0661 e. The lowest BCUT2D eigenvalue weighted by Crippen LogP contribution is -1.88. The fourth-order valence-corrected chi connectivity index (χ4v) is 1.50. The maximum Gasteiger partial charge on any atom is 0.0661 e. The van der Waals surface area contributed by atoms with Crippen LogP contribution in [0.25, 0.3) is 0 Å². The number of benzene rings is 1. The van der Waals surface area contributed by atoms with Crippen LogP contribution in [0.4, 0.5) is 5.69 Å². The van der Waals surface area contributed by atoms with Crippen LogP contribution in [0.5, 0.6) is 0 Å². The van der Waals surface area contributed by atoms with Gasteiger partial charge in [-0.3, -0.25) is 4.99 Å². The summed E-state index contributed by atoms with van der Waals surface area (Å²) in [4.78, 5) is 4.27. The molecule has 0 amide bonds. The van der Waals surface area contributed by atoms with E-state index in [1.165, 1.54) is 11.1 Å².